The van der Waals surface area contributed by atoms with Crippen LogP contribution in [0.1, 0.15) is 24.2 Å². The van der Waals surface area contributed by atoms with Gasteiger partial charge < -0.3 is 15.1 Å². The molecule has 17 heavy (non-hydrogen) atoms. The minimum absolute atomic E-state index is 0.00806. The van der Waals surface area contributed by atoms with E-state index in [0.29, 0.717) is 6.54 Å². The molecule has 0 aliphatic rings. The molecule has 0 aliphatic heterocycles. The van der Waals surface area contributed by atoms with Gasteiger partial charge in [0.2, 0.25) is 0 Å². The fourth-order valence-electron chi connectivity index (χ4n) is 1.52. The monoisotopic (exact) mass is 235 g/mol. The maximum absolute atomic E-state index is 12.1. The number of hydrogen-bond donors (Lipinski definition) is 2. The topological polar surface area (TPSA) is 60.8 Å². The Labute approximate surface area is 101 Å². The van der Waals surface area contributed by atoms with E-state index in [9.17, 15) is 9.90 Å². The molecule has 4 heteroatoms. The van der Waals surface area contributed by atoms with Crippen molar-refractivity contribution in [3.8, 4) is 11.5 Å². The largest absolute Gasteiger partial charge is 0.508 e. The first-order chi connectivity index (χ1) is 7.97. The summed E-state index contributed by atoms with van der Waals surface area (Å²) < 4.78 is 0. The quantitative estimate of drug-likeness (QED) is 0.786. The molecule has 0 saturated heterocycles. The fourth-order valence-corrected chi connectivity index (χ4v) is 1.52. The van der Waals surface area contributed by atoms with Gasteiger partial charge in [0, 0.05) is 18.7 Å². The average molecular weight is 235 g/mol. The highest BCUT2D eigenvalue weighted by Gasteiger charge is 2.20. The van der Waals surface area contributed by atoms with Crippen LogP contribution in [0, 0.1) is 0 Å². The summed E-state index contributed by atoms with van der Waals surface area (Å²) in [6.45, 7) is 7.79. The first-order valence-electron chi connectivity index (χ1n) is 5.41. The zero-order chi connectivity index (χ0) is 13.0. The lowest BCUT2D eigenvalue weighted by Gasteiger charge is -2.25. The number of carbonyl (C=O) groups is 1. The number of hydrogen-bond acceptors (Lipinski definition) is 3. The maximum atomic E-state index is 12.1. The van der Waals surface area contributed by atoms with Gasteiger partial charge in [0.25, 0.3) is 5.91 Å². The number of nitrogens with zero attached hydrogens (tertiary/aromatic N) is 1. The van der Waals surface area contributed by atoms with Crippen molar-refractivity contribution in [2.24, 2.45) is 0 Å². The summed E-state index contributed by atoms with van der Waals surface area (Å²) in [5.41, 5.74) is 0.179. The Morgan fingerprint density at radius 2 is 2.12 bits per heavy atom. The highest BCUT2D eigenvalue weighted by atomic mass is 16.3. The minimum Gasteiger partial charge on any atom is -0.508 e. The zero-order valence-electron chi connectivity index (χ0n) is 10.1. The molecule has 0 saturated carbocycles. The standard InChI is InChI=1S/C13H17NO3/c1-4-7-14(9(2)3)13(17)11-6-5-10(15)8-12(11)16/h4-6,8-9,15-16H,1,7H2,2-3H3. The first-order valence-corrected chi connectivity index (χ1v) is 5.41. The van der Waals surface area contributed by atoms with Crippen LogP contribution >= 0.6 is 0 Å². The van der Waals surface area contributed by atoms with Crippen LogP contribution in [0.15, 0.2) is 30.9 Å². The van der Waals surface area contributed by atoms with Crippen molar-refractivity contribution < 1.29 is 15.0 Å². The third-order valence-corrected chi connectivity index (χ3v) is 2.42. The van der Waals surface area contributed by atoms with Gasteiger partial charge >= 0.3 is 0 Å². The molecule has 92 valence electrons. The Balaban J connectivity index is 3.05. The van der Waals surface area contributed by atoms with E-state index in [1.54, 1.807) is 11.0 Å². The molecule has 0 unspecified atom stereocenters. The summed E-state index contributed by atoms with van der Waals surface area (Å²) in [6, 6.07) is 3.94. The van der Waals surface area contributed by atoms with Gasteiger partial charge in [-0.2, -0.15) is 0 Å². The molecule has 4 nitrogen and oxygen atoms in total. The van der Waals surface area contributed by atoms with Crippen molar-refractivity contribution in [3.63, 3.8) is 0 Å². The van der Waals surface area contributed by atoms with E-state index < -0.39 is 0 Å². The van der Waals surface area contributed by atoms with Crippen LogP contribution in [-0.2, 0) is 0 Å². The van der Waals surface area contributed by atoms with E-state index in [4.69, 9.17) is 5.11 Å². The third kappa shape index (κ3) is 3.00. The van der Waals surface area contributed by atoms with E-state index >= 15 is 0 Å². The van der Waals surface area contributed by atoms with Crippen molar-refractivity contribution in [3.05, 3.63) is 36.4 Å². The van der Waals surface area contributed by atoms with Gasteiger partial charge in [-0.3, -0.25) is 4.79 Å². The van der Waals surface area contributed by atoms with Crippen molar-refractivity contribution in [2.75, 3.05) is 6.54 Å². The van der Waals surface area contributed by atoms with Crippen LogP contribution in [0.3, 0.4) is 0 Å². The van der Waals surface area contributed by atoms with Gasteiger partial charge in [-0.05, 0) is 26.0 Å². The minimum atomic E-state index is -0.280. The lowest BCUT2D eigenvalue weighted by Crippen LogP contribution is -2.37. The van der Waals surface area contributed by atoms with Crippen LogP contribution in [0.25, 0.3) is 0 Å². The molecule has 1 aromatic rings. The van der Waals surface area contributed by atoms with E-state index in [2.05, 4.69) is 6.58 Å². The van der Waals surface area contributed by atoms with Gasteiger partial charge in [-0.15, -0.1) is 6.58 Å². The van der Waals surface area contributed by atoms with Crippen molar-refractivity contribution in [2.45, 2.75) is 19.9 Å². The van der Waals surface area contributed by atoms with Crippen molar-refractivity contribution in [1.82, 2.24) is 4.90 Å². The summed E-state index contributed by atoms with van der Waals surface area (Å²) >= 11 is 0. The number of phenolic OH excluding ortho intramolecular Hbond substituents is 2. The molecule has 0 bridgehead atoms. The predicted octanol–water partition coefficient (Wildman–Crippen LogP) is 2.13. The van der Waals surface area contributed by atoms with E-state index in [1.165, 1.54) is 12.1 Å². The van der Waals surface area contributed by atoms with E-state index in [0.717, 1.165) is 6.07 Å². The second kappa shape index (κ2) is 5.39. The van der Waals surface area contributed by atoms with Gasteiger partial charge in [0.05, 0.1) is 5.56 Å². The zero-order valence-corrected chi connectivity index (χ0v) is 10.1. The van der Waals surface area contributed by atoms with Gasteiger partial charge in [-0.25, -0.2) is 0 Å². The molecule has 2 N–H and O–H groups in total. The van der Waals surface area contributed by atoms with Crippen LogP contribution in [0.4, 0.5) is 0 Å². The Morgan fingerprint density at radius 3 is 2.59 bits per heavy atom. The number of rotatable bonds is 4. The molecule has 1 amide bonds. The van der Waals surface area contributed by atoms with Crippen LogP contribution in [0.2, 0.25) is 0 Å². The number of benzene rings is 1. The Hall–Kier alpha value is -1.97. The first kappa shape index (κ1) is 13.1. The molecule has 0 aliphatic carbocycles. The fraction of sp³-hybridized carbons (Fsp3) is 0.308. The maximum Gasteiger partial charge on any atom is 0.258 e. The van der Waals surface area contributed by atoms with Crippen LogP contribution in [-0.4, -0.2) is 33.6 Å². The normalized spacial score (nSPS) is 10.3. The summed E-state index contributed by atoms with van der Waals surface area (Å²) in [5, 5.41) is 18.8. The van der Waals surface area contributed by atoms with Gasteiger partial charge in [0.15, 0.2) is 0 Å². The average Bonchev–Trinajstić information content (AvgIpc) is 2.24. The van der Waals surface area contributed by atoms with Gasteiger partial charge in [-0.1, -0.05) is 6.08 Å². The smallest absolute Gasteiger partial charge is 0.258 e. The molecule has 0 fully saturated rings. The van der Waals surface area contributed by atoms with Crippen molar-refractivity contribution in [1.29, 1.82) is 0 Å². The summed E-state index contributed by atoms with van der Waals surface area (Å²) in [7, 11) is 0. The third-order valence-electron chi connectivity index (χ3n) is 2.42. The lowest BCUT2D eigenvalue weighted by atomic mass is 10.1. The Morgan fingerprint density at radius 1 is 1.47 bits per heavy atom. The molecule has 0 spiro atoms. The molecular formula is C13H17NO3. The molecule has 0 radical (unpaired) electrons. The summed E-state index contributed by atoms with van der Waals surface area (Å²) in [6.07, 6.45) is 1.63. The van der Waals surface area contributed by atoms with E-state index in [-0.39, 0.29) is 29.0 Å². The molecule has 0 aromatic heterocycles. The molecular weight excluding hydrogens is 218 g/mol. The summed E-state index contributed by atoms with van der Waals surface area (Å²) in [5.74, 6) is -0.569. The number of carbonyl (C=O) groups excluding carboxylic acids is 1. The molecule has 1 aromatic carbocycles. The Bertz CT molecular complexity index is 427. The van der Waals surface area contributed by atoms with Crippen molar-refractivity contribution >= 4 is 5.91 Å². The number of amides is 1. The number of aromatic hydroxyl groups is 2. The SMILES string of the molecule is C=CCN(C(=O)c1ccc(O)cc1O)C(C)C. The van der Waals surface area contributed by atoms with Crippen LogP contribution in [0.5, 0.6) is 11.5 Å². The highest BCUT2D eigenvalue weighted by Crippen LogP contribution is 2.24. The second-order valence-corrected chi connectivity index (χ2v) is 4.04. The highest BCUT2D eigenvalue weighted by molar-refractivity contribution is 5.97. The van der Waals surface area contributed by atoms with E-state index in [1.807, 2.05) is 13.8 Å². The molecule has 0 heterocycles. The second-order valence-electron chi connectivity index (χ2n) is 4.04. The predicted molar refractivity (Wildman–Crippen MR) is 66.1 cm³/mol. The Kier molecular flexibility index (Phi) is 4.15. The molecule has 0 atom stereocenters. The van der Waals surface area contributed by atoms with Crippen LogP contribution < -0.4 is 0 Å². The van der Waals surface area contributed by atoms with Gasteiger partial charge in [0.1, 0.15) is 11.5 Å². The lowest BCUT2D eigenvalue weighted by molar-refractivity contribution is 0.0725. The summed E-state index contributed by atoms with van der Waals surface area (Å²) in [4.78, 5) is 13.7. The number of phenols is 2. The molecule has 1 rings (SSSR count).